The molecule has 1 N–H and O–H groups in total. The smallest absolute Gasteiger partial charge is 0.274 e. The zero-order valence-corrected chi connectivity index (χ0v) is 22.9. The second-order valence-corrected chi connectivity index (χ2v) is 11.4. The second kappa shape index (κ2) is 10.7. The first-order chi connectivity index (χ1) is 19.0. The van der Waals surface area contributed by atoms with E-state index in [4.69, 9.17) is 4.98 Å². The third-order valence-corrected chi connectivity index (χ3v) is 8.90. The number of thiazole rings is 2. The van der Waals surface area contributed by atoms with Crippen molar-refractivity contribution in [1.82, 2.24) is 24.6 Å². The molecule has 39 heavy (non-hydrogen) atoms. The van der Waals surface area contributed by atoms with E-state index in [1.807, 2.05) is 53.7 Å². The van der Waals surface area contributed by atoms with Crippen molar-refractivity contribution in [3.8, 4) is 21.0 Å². The van der Waals surface area contributed by atoms with Crippen LogP contribution in [0.1, 0.15) is 45.9 Å². The van der Waals surface area contributed by atoms with Crippen LogP contribution >= 0.6 is 22.7 Å². The van der Waals surface area contributed by atoms with Gasteiger partial charge in [0.15, 0.2) is 4.96 Å². The number of amides is 2. The van der Waals surface area contributed by atoms with Crippen LogP contribution in [0.2, 0.25) is 0 Å². The second-order valence-electron chi connectivity index (χ2n) is 9.53. The highest BCUT2D eigenvalue weighted by molar-refractivity contribution is 7.18. The van der Waals surface area contributed by atoms with E-state index in [0.29, 0.717) is 35.0 Å². The molecule has 0 aliphatic carbocycles. The number of carbonyl (C=O) groups excluding carboxylic acids is 2. The van der Waals surface area contributed by atoms with Crippen molar-refractivity contribution in [1.29, 1.82) is 0 Å². The maximum atomic E-state index is 14.1. The van der Waals surface area contributed by atoms with Crippen molar-refractivity contribution >= 4 is 39.4 Å². The molecule has 2 amide bonds. The normalized spacial score (nSPS) is 15.5. The number of hydrogen-bond donors (Lipinski definition) is 1. The van der Waals surface area contributed by atoms with Crippen molar-refractivity contribution in [2.24, 2.45) is 0 Å². The van der Waals surface area contributed by atoms with Gasteiger partial charge in [-0.05, 0) is 43.9 Å². The zero-order valence-electron chi connectivity index (χ0n) is 21.3. The van der Waals surface area contributed by atoms with Crippen LogP contribution in [0, 0.1) is 12.7 Å². The molecule has 7 nitrogen and oxygen atoms in total. The van der Waals surface area contributed by atoms with Gasteiger partial charge in [-0.25, -0.2) is 14.4 Å². The van der Waals surface area contributed by atoms with Gasteiger partial charge in [-0.1, -0.05) is 42.5 Å². The Hall–Kier alpha value is -3.89. The summed E-state index contributed by atoms with van der Waals surface area (Å²) in [5, 5.41) is 5.68. The molecule has 2 aromatic carbocycles. The molecule has 10 heteroatoms. The molecule has 4 heterocycles. The third kappa shape index (κ3) is 4.97. The van der Waals surface area contributed by atoms with Crippen LogP contribution in [0.3, 0.4) is 0 Å². The average molecular weight is 560 g/mol. The van der Waals surface area contributed by atoms with E-state index in [1.165, 1.54) is 34.8 Å². The molecule has 198 valence electrons. The van der Waals surface area contributed by atoms with E-state index >= 15 is 0 Å². The molecule has 1 atom stereocenters. The van der Waals surface area contributed by atoms with Crippen molar-refractivity contribution in [2.45, 2.75) is 32.2 Å². The molecular formula is C29H26FN5O2S2. The SMILES string of the molecule is Cc1nc2sccn2c1C(=O)NC[C@@H]1CCCCN1C(=O)c1nc(-c2ccccc2)sc1-c1ccc(F)cc1. The Morgan fingerprint density at radius 3 is 2.64 bits per heavy atom. The van der Waals surface area contributed by atoms with Crippen molar-refractivity contribution in [2.75, 3.05) is 13.1 Å². The summed E-state index contributed by atoms with van der Waals surface area (Å²) in [6, 6.07) is 15.7. The molecule has 5 aromatic rings. The number of piperidine rings is 1. The topological polar surface area (TPSA) is 79.6 Å². The Kier molecular flexibility index (Phi) is 6.97. The summed E-state index contributed by atoms with van der Waals surface area (Å²) in [5.41, 5.74) is 3.22. The number of nitrogens with one attached hydrogen (secondary N) is 1. The molecule has 1 aliphatic rings. The summed E-state index contributed by atoms with van der Waals surface area (Å²) in [6.45, 7) is 2.75. The van der Waals surface area contributed by atoms with E-state index in [1.54, 1.807) is 16.5 Å². The lowest BCUT2D eigenvalue weighted by molar-refractivity contribution is 0.0598. The van der Waals surface area contributed by atoms with Crippen LogP contribution in [0.25, 0.3) is 26.0 Å². The Labute approximate surface area is 233 Å². The monoisotopic (exact) mass is 559 g/mol. The molecule has 0 spiro atoms. The summed E-state index contributed by atoms with van der Waals surface area (Å²) < 4.78 is 15.5. The fraction of sp³-hybridized carbons (Fsp3) is 0.241. The predicted octanol–water partition coefficient (Wildman–Crippen LogP) is 6.06. The molecule has 3 aromatic heterocycles. The van der Waals surface area contributed by atoms with Gasteiger partial charge in [0.05, 0.1) is 10.6 Å². The lowest BCUT2D eigenvalue weighted by atomic mass is 10.0. The number of imidazole rings is 1. The number of fused-ring (bicyclic) bond motifs is 1. The predicted molar refractivity (Wildman–Crippen MR) is 152 cm³/mol. The van der Waals surface area contributed by atoms with Crippen LogP contribution in [-0.4, -0.2) is 50.2 Å². The number of hydrogen-bond acceptors (Lipinski definition) is 6. The number of carbonyl (C=O) groups is 2. The fourth-order valence-corrected chi connectivity index (χ4v) is 6.87. The van der Waals surface area contributed by atoms with Crippen molar-refractivity contribution in [3.63, 3.8) is 0 Å². The maximum absolute atomic E-state index is 14.1. The van der Waals surface area contributed by atoms with Crippen LogP contribution in [0.4, 0.5) is 4.39 Å². The van der Waals surface area contributed by atoms with Crippen LogP contribution in [-0.2, 0) is 0 Å². The van der Waals surface area contributed by atoms with Crippen LogP contribution < -0.4 is 5.32 Å². The minimum absolute atomic E-state index is 0.163. The van der Waals surface area contributed by atoms with Gasteiger partial charge in [-0.15, -0.1) is 22.7 Å². The molecule has 1 aliphatic heterocycles. The first-order valence-corrected chi connectivity index (χ1v) is 14.5. The summed E-state index contributed by atoms with van der Waals surface area (Å²) in [4.78, 5) is 39.8. The molecule has 1 saturated heterocycles. The number of aryl methyl sites for hydroxylation is 1. The summed E-state index contributed by atoms with van der Waals surface area (Å²) in [6.07, 6.45) is 4.48. The van der Waals surface area contributed by atoms with Gasteiger partial charge in [0.25, 0.3) is 11.8 Å². The van der Waals surface area contributed by atoms with E-state index in [0.717, 1.165) is 40.4 Å². The quantitative estimate of drug-likeness (QED) is 0.274. The Morgan fingerprint density at radius 1 is 1.05 bits per heavy atom. The maximum Gasteiger partial charge on any atom is 0.274 e. The fourth-order valence-electron chi connectivity index (χ4n) is 5.04. The largest absolute Gasteiger partial charge is 0.349 e. The number of aromatic nitrogens is 3. The van der Waals surface area contributed by atoms with Gasteiger partial charge in [0.2, 0.25) is 0 Å². The van der Waals surface area contributed by atoms with Crippen molar-refractivity contribution < 1.29 is 14.0 Å². The van der Waals surface area contributed by atoms with E-state index in [2.05, 4.69) is 10.3 Å². The summed E-state index contributed by atoms with van der Waals surface area (Å²) in [5.74, 6) is -0.713. The highest BCUT2D eigenvalue weighted by Gasteiger charge is 2.32. The zero-order chi connectivity index (χ0) is 26.9. The lowest BCUT2D eigenvalue weighted by Gasteiger charge is -2.35. The van der Waals surface area contributed by atoms with E-state index in [9.17, 15) is 14.0 Å². The molecule has 0 radical (unpaired) electrons. The Morgan fingerprint density at radius 2 is 1.85 bits per heavy atom. The van der Waals surface area contributed by atoms with Gasteiger partial charge in [-0.2, -0.15) is 0 Å². The molecule has 0 bridgehead atoms. The van der Waals surface area contributed by atoms with Gasteiger partial charge in [0.1, 0.15) is 22.2 Å². The molecule has 6 rings (SSSR count). The van der Waals surface area contributed by atoms with Gasteiger partial charge >= 0.3 is 0 Å². The average Bonchev–Trinajstić information content (AvgIpc) is 3.67. The number of benzene rings is 2. The Balaban J connectivity index is 1.28. The van der Waals surface area contributed by atoms with Crippen molar-refractivity contribution in [3.05, 3.63) is 89.1 Å². The van der Waals surface area contributed by atoms with E-state index in [-0.39, 0.29) is 23.7 Å². The summed E-state index contributed by atoms with van der Waals surface area (Å²) >= 11 is 2.91. The van der Waals surface area contributed by atoms with Crippen LogP contribution in [0.15, 0.2) is 66.2 Å². The molecule has 1 fully saturated rings. The molecule has 0 unspecified atom stereocenters. The minimum Gasteiger partial charge on any atom is -0.349 e. The number of nitrogens with zero attached hydrogens (tertiary/aromatic N) is 4. The number of rotatable bonds is 6. The number of halogens is 1. The minimum atomic E-state index is -0.334. The highest BCUT2D eigenvalue weighted by Crippen LogP contribution is 2.37. The summed E-state index contributed by atoms with van der Waals surface area (Å²) in [7, 11) is 0. The third-order valence-electron chi connectivity index (χ3n) is 6.99. The number of likely N-dealkylation sites (tertiary alicyclic amines) is 1. The van der Waals surface area contributed by atoms with Gasteiger partial charge in [-0.3, -0.25) is 14.0 Å². The first kappa shape index (κ1) is 25.4. The molecule has 0 saturated carbocycles. The first-order valence-electron chi connectivity index (χ1n) is 12.8. The van der Waals surface area contributed by atoms with Crippen LogP contribution in [0.5, 0.6) is 0 Å². The lowest BCUT2D eigenvalue weighted by Crippen LogP contribution is -2.49. The molecular weight excluding hydrogens is 533 g/mol. The van der Waals surface area contributed by atoms with Gasteiger partial charge < -0.3 is 10.2 Å². The van der Waals surface area contributed by atoms with E-state index < -0.39 is 0 Å². The Bertz CT molecular complexity index is 1640. The standard InChI is InChI=1S/C29H26FN5O2S2/c1-18-24(35-15-16-38-29(35)32-18)26(36)31-17-22-9-5-6-14-34(22)28(37)23-25(19-10-12-21(30)13-11-19)39-27(33-23)20-7-3-2-4-8-20/h2-4,7-8,10-13,15-16,22H,5-6,9,14,17H2,1H3,(H,31,36)/t22-/m0/s1. The van der Waals surface area contributed by atoms with Gasteiger partial charge in [0, 0.05) is 36.3 Å². The highest BCUT2D eigenvalue weighted by atomic mass is 32.1.